The third-order valence-corrected chi connectivity index (χ3v) is 4.72. The summed E-state index contributed by atoms with van der Waals surface area (Å²) < 4.78 is 5.31. The first-order valence-corrected chi connectivity index (χ1v) is 7.99. The number of benzene rings is 1. The van der Waals surface area contributed by atoms with Crippen molar-refractivity contribution in [1.82, 2.24) is 15.2 Å². The molecule has 0 saturated carbocycles. The Bertz CT molecular complexity index is 966. The van der Waals surface area contributed by atoms with Crippen LogP contribution in [0, 0.1) is 0 Å². The predicted octanol–water partition coefficient (Wildman–Crippen LogP) is 4.43. The zero-order valence-electron chi connectivity index (χ0n) is 12.4. The molecule has 23 heavy (non-hydrogen) atoms. The highest BCUT2D eigenvalue weighted by Crippen LogP contribution is 2.37. The second-order valence-corrected chi connectivity index (χ2v) is 6.07. The summed E-state index contributed by atoms with van der Waals surface area (Å²) in [5, 5.41) is 10.6. The van der Waals surface area contributed by atoms with E-state index in [9.17, 15) is 0 Å². The monoisotopic (exact) mass is 319 g/mol. The van der Waals surface area contributed by atoms with E-state index in [1.165, 1.54) is 0 Å². The molecule has 112 valence electrons. The van der Waals surface area contributed by atoms with Crippen LogP contribution >= 0.6 is 11.3 Å². The molecular weight excluding hydrogens is 306 g/mol. The zero-order valence-corrected chi connectivity index (χ0v) is 13.2. The van der Waals surface area contributed by atoms with Crippen molar-refractivity contribution >= 4 is 22.1 Å². The van der Waals surface area contributed by atoms with E-state index in [1.54, 1.807) is 24.6 Å². The number of ether oxygens (including phenoxy) is 1. The van der Waals surface area contributed by atoms with Gasteiger partial charge in [-0.2, -0.15) is 0 Å². The highest BCUT2D eigenvalue weighted by Gasteiger charge is 2.13. The first-order chi connectivity index (χ1) is 11.4. The molecule has 0 amide bonds. The van der Waals surface area contributed by atoms with Crippen LogP contribution in [0.1, 0.15) is 0 Å². The standard InChI is InChI=1S/C18H13N3OS/c1-22-18-13-7-3-2-6-12(13)17(20-21-18)16-10-9-15(23-16)14-8-4-5-11-19-14/h2-11H,1H3. The Kier molecular flexibility index (Phi) is 3.48. The van der Waals surface area contributed by atoms with Crippen LogP contribution in [0.15, 0.2) is 60.8 Å². The highest BCUT2D eigenvalue weighted by molar-refractivity contribution is 7.18. The van der Waals surface area contributed by atoms with Crippen LogP contribution in [0.2, 0.25) is 0 Å². The van der Waals surface area contributed by atoms with Crippen molar-refractivity contribution in [2.75, 3.05) is 7.11 Å². The third-order valence-electron chi connectivity index (χ3n) is 3.60. The summed E-state index contributed by atoms with van der Waals surface area (Å²) in [7, 11) is 1.61. The minimum absolute atomic E-state index is 0.547. The molecular formula is C18H13N3OS. The van der Waals surface area contributed by atoms with E-state index < -0.39 is 0 Å². The van der Waals surface area contributed by atoms with Crippen LogP contribution in [-0.4, -0.2) is 22.3 Å². The minimum atomic E-state index is 0.547. The van der Waals surface area contributed by atoms with Crippen molar-refractivity contribution in [3.63, 3.8) is 0 Å². The number of methoxy groups -OCH3 is 1. The summed E-state index contributed by atoms with van der Waals surface area (Å²) in [6.07, 6.45) is 1.80. The van der Waals surface area contributed by atoms with Gasteiger partial charge in [-0.15, -0.1) is 21.5 Å². The van der Waals surface area contributed by atoms with Gasteiger partial charge in [0.2, 0.25) is 5.88 Å². The van der Waals surface area contributed by atoms with Crippen molar-refractivity contribution in [3.8, 4) is 27.0 Å². The van der Waals surface area contributed by atoms with Crippen LogP contribution < -0.4 is 4.74 Å². The van der Waals surface area contributed by atoms with Crippen molar-refractivity contribution in [2.24, 2.45) is 0 Å². The Morgan fingerprint density at radius 1 is 0.826 bits per heavy atom. The van der Waals surface area contributed by atoms with E-state index in [-0.39, 0.29) is 0 Å². The third kappa shape index (κ3) is 2.45. The Hall–Kier alpha value is -2.79. The SMILES string of the molecule is COc1nnc(-c2ccc(-c3ccccn3)s2)c2ccccc12. The Balaban J connectivity index is 1.86. The van der Waals surface area contributed by atoms with Gasteiger partial charge in [-0.3, -0.25) is 4.98 Å². The summed E-state index contributed by atoms with van der Waals surface area (Å²) >= 11 is 1.66. The molecule has 1 aromatic carbocycles. The molecule has 0 aliphatic rings. The van der Waals surface area contributed by atoms with Crippen molar-refractivity contribution in [1.29, 1.82) is 0 Å². The molecule has 4 rings (SSSR count). The molecule has 3 aromatic heterocycles. The quantitative estimate of drug-likeness (QED) is 0.560. The van der Waals surface area contributed by atoms with Crippen molar-refractivity contribution in [2.45, 2.75) is 0 Å². The molecule has 0 saturated heterocycles. The molecule has 0 fully saturated rings. The van der Waals surface area contributed by atoms with E-state index >= 15 is 0 Å². The highest BCUT2D eigenvalue weighted by atomic mass is 32.1. The molecule has 0 aliphatic carbocycles. The summed E-state index contributed by atoms with van der Waals surface area (Å²) in [6.45, 7) is 0. The van der Waals surface area contributed by atoms with Gasteiger partial charge in [0.05, 0.1) is 22.6 Å². The molecule has 4 aromatic rings. The number of thiophene rings is 1. The first-order valence-electron chi connectivity index (χ1n) is 7.18. The molecule has 0 radical (unpaired) electrons. The van der Waals surface area contributed by atoms with Crippen LogP contribution in [0.5, 0.6) is 5.88 Å². The fourth-order valence-electron chi connectivity index (χ4n) is 2.52. The lowest BCUT2D eigenvalue weighted by molar-refractivity contribution is 0.398. The number of pyridine rings is 1. The van der Waals surface area contributed by atoms with Gasteiger partial charge in [-0.25, -0.2) is 0 Å². The van der Waals surface area contributed by atoms with Gasteiger partial charge in [0.15, 0.2) is 0 Å². The average molecular weight is 319 g/mol. The summed E-state index contributed by atoms with van der Waals surface area (Å²) in [5.41, 5.74) is 1.84. The molecule has 0 unspecified atom stereocenters. The van der Waals surface area contributed by atoms with Gasteiger partial charge >= 0.3 is 0 Å². The van der Waals surface area contributed by atoms with Crippen LogP contribution in [0.4, 0.5) is 0 Å². The predicted molar refractivity (Wildman–Crippen MR) is 92.6 cm³/mol. The van der Waals surface area contributed by atoms with Gasteiger partial charge in [-0.1, -0.05) is 24.3 Å². The normalized spacial score (nSPS) is 10.8. The lowest BCUT2D eigenvalue weighted by atomic mass is 10.1. The van der Waals surface area contributed by atoms with E-state index in [4.69, 9.17) is 4.74 Å². The maximum atomic E-state index is 5.31. The van der Waals surface area contributed by atoms with Crippen molar-refractivity contribution < 1.29 is 4.74 Å². The molecule has 3 heterocycles. The number of fused-ring (bicyclic) bond motifs is 1. The minimum Gasteiger partial charge on any atom is -0.479 e. The van der Waals surface area contributed by atoms with Gasteiger partial charge in [0, 0.05) is 17.0 Å². The number of aromatic nitrogens is 3. The molecule has 0 spiro atoms. The maximum Gasteiger partial charge on any atom is 0.241 e. The summed E-state index contributed by atoms with van der Waals surface area (Å²) in [4.78, 5) is 6.58. The smallest absolute Gasteiger partial charge is 0.241 e. The molecule has 0 aliphatic heterocycles. The molecule has 4 nitrogen and oxygen atoms in total. The van der Waals surface area contributed by atoms with E-state index in [1.807, 2.05) is 42.5 Å². The van der Waals surface area contributed by atoms with Crippen LogP contribution in [0.25, 0.3) is 31.9 Å². The van der Waals surface area contributed by atoms with Gasteiger partial charge in [0.1, 0.15) is 5.69 Å². The fraction of sp³-hybridized carbons (Fsp3) is 0.0556. The average Bonchev–Trinajstić information content (AvgIpc) is 3.11. The Labute approximate surface area is 137 Å². The van der Waals surface area contributed by atoms with Gasteiger partial charge < -0.3 is 4.74 Å². The maximum absolute atomic E-state index is 5.31. The molecule has 0 bridgehead atoms. The second-order valence-electron chi connectivity index (χ2n) is 4.98. The number of rotatable bonds is 3. The van der Waals surface area contributed by atoms with E-state index in [0.29, 0.717) is 5.88 Å². The Morgan fingerprint density at radius 2 is 1.61 bits per heavy atom. The summed E-state index contributed by atoms with van der Waals surface area (Å²) in [5.74, 6) is 0.547. The van der Waals surface area contributed by atoms with Gasteiger partial charge in [0.25, 0.3) is 0 Å². The second kappa shape index (κ2) is 5.78. The molecule has 0 N–H and O–H groups in total. The lowest BCUT2D eigenvalue weighted by Gasteiger charge is -2.06. The van der Waals surface area contributed by atoms with Crippen LogP contribution in [-0.2, 0) is 0 Å². The first kappa shape index (κ1) is 13.8. The Morgan fingerprint density at radius 3 is 2.39 bits per heavy atom. The largest absolute Gasteiger partial charge is 0.479 e. The number of nitrogens with zero attached hydrogens (tertiary/aromatic N) is 3. The van der Waals surface area contributed by atoms with E-state index in [2.05, 4.69) is 27.3 Å². The number of hydrogen-bond donors (Lipinski definition) is 0. The van der Waals surface area contributed by atoms with E-state index in [0.717, 1.165) is 31.9 Å². The lowest BCUT2D eigenvalue weighted by Crippen LogP contribution is -1.94. The fourth-order valence-corrected chi connectivity index (χ4v) is 3.51. The van der Waals surface area contributed by atoms with Crippen molar-refractivity contribution in [3.05, 3.63) is 60.8 Å². The van der Waals surface area contributed by atoms with Crippen LogP contribution in [0.3, 0.4) is 0 Å². The zero-order chi connectivity index (χ0) is 15.6. The van der Waals surface area contributed by atoms with Gasteiger partial charge in [-0.05, 0) is 30.3 Å². The summed E-state index contributed by atoms with van der Waals surface area (Å²) in [6, 6.07) is 18.1. The number of hydrogen-bond acceptors (Lipinski definition) is 5. The molecule has 5 heteroatoms. The topological polar surface area (TPSA) is 47.9 Å². The molecule has 0 atom stereocenters.